The molecule has 20 heavy (non-hydrogen) atoms. The van der Waals surface area contributed by atoms with Crippen molar-refractivity contribution in [3.63, 3.8) is 0 Å². The molecule has 0 fully saturated rings. The van der Waals surface area contributed by atoms with E-state index in [-0.39, 0.29) is 0 Å². The van der Waals surface area contributed by atoms with Crippen molar-refractivity contribution in [2.45, 2.75) is 0 Å². The molecule has 4 aromatic carbocycles. The third-order valence-electron chi connectivity index (χ3n) is 3.88. The fraction of sp³-hybridized carbons (Fsp3) is 0. The zero-order valence-electron chi connectivity index (χ0n) is 10.9. The zero-order valence-corrected chi connectivity index (χ0v) is 10.9. The van der Waals surface area contributed by atoms with Crippen LogP contribution in [-0.4, -0.2) is 0 Å². The predicted molar refractivity (Wildman–Crippen MR) is 86.9 cm³/mol. The van der Waals surface area contributed by atoms with Crippen LogP contribution < -0.4 is 0 Å². The standard InChI is InChI=1S/C20H12/c1-2-14-8-5-9-15-10-11-18-12-16-6-3-4-7-17(16)13-19(18)20(14)15/h1,3-13H. The van der Waals surface area contributed by atoms with Gasteiger partial charge in [0, 0.05) is 10.9 Å². The molecule has 0 heterocycles. The average molecular weight is 252 g/mol. The first kappa shape index (κ1) is 11.1. The monoisotopic (exact) mass is 252 g/mol. The topological polar surface area (TPSA) is 0 Å². The Bertz CT molecular complexity index is 1000. The Balaban J connectivity index is 2.29. The Morgan fingerprint density at radius 3 is 2.15 bits per heavy atom. The van der Waals surface area contributed by atoms with Crippen LogP contribution in [0, 0.1) is 12.3 Å². The van der Waals surface area contributed by atoms with E-state index in [0.29, 0.717) is 0 Å². The summed E-state index contributed by atoms with van der Waals surface area (Å²) in [7, 11) is 0. The van der Waals surface area contributed by atoms with Crippen LogP contribution in [0.15, 0.2) is 66.7 Å². The van der Waals surface area contributed by atoms with Crippen molar-refractivity contribution in [2.24, 2.45) is 0 Å². The molecule has 4 aromatic rings. The molecular formula is C20H12. The van der Waals surface area contributed by atoms with Crippen LogP contribution in [-0.2, 0) is 0 Å². The number of hydrogen-bond acceptors (Lipinski definition) is 0. The minimum atomic E-state index is 0.961. The molecule has 0 spiro atoms. The molecule has 0 aliphatic rings. The molecule has 92 valence electrons. The smallest absolute Gasteiger partial charge is 0.0327 e. The second-order valence-electron chi connectivity index (χ2n) is 5.03. The number of hydrogen-bond donors (Lipinski definition) is 0. The highest BCUT2D eigenvalue weighted by Gasteiger charge is 2.05. The highest BCUT2D eigenvalue weighted by molar-refractivity contribution is 6.14. The molecule has 0 N–H and O–H groups in total. The highest BCUT2D eigenvalue weighted by Crippen LogP contribution is 2.31. The lowest BCUT2D eigenvalue weighted by atomic mass is 9.95. The Morgan fingerprint density at radius 1 is 0.650 bits per heavy atom. The van der Waals surface area contributed by atoms with Crippen molar-refractivity contribution >= 4 is 32.3 Å². The SMILES string of the molecule is C#Cc1cccc2ccc3cc4ccccc4cc3c12. The second-order valence-corrected chi connectivity index (χ2v) is 5.03. The lowest BCUT2D eigenvalue weighted by Crippen LogP contribution is -1.83. The van der Waals surface area contributed by atoms with Crippen molar-refractivity contribution in [3.8, 4) is 12.3 Å². The molecule has 0 saturated carbocycles. The molecular weight excluding hydrogens is 240 g/mol. The van der Waals surface area contributed by atoms with E-state index in [1.807, 2.05) is 12.1 Å². The van der Waals surface area contributed by atoms with Crippen LogP contribution in [0.4, 0.5) is 0 Å². The molecule has 0 nitrogen and oxygen atoms in total. The van der Waals surface area contributed by atoms with Gasteiger partial charge in [0.25, 0.3) is 0 Å². The normalized spacial score (nSPS) is 10.9. The van der Waals surface area contributed by atoms with Gasteiger partial charge in [-0.2, -0.15) is 0 Å². The molecule has 0 bridgehead atoms. The lowest BCUT2D eigenvalue weighted by Gasteiger charge is -2.08. The molecule has 0 atom stereocenters. The maximum absolute atomic E-state index is 5.67. The van der Waals surface area contributed by atoms with E-state index in [2.05, 4.69) is 60.5 Å². The van der Waals surface area contributed by atoms with Crippen LogP contribution in [0.5, 0.6) is 0 Å². The minimum absolute atomic E-state index is 0.961. The maximum Gasteiger partial charge on any atom is 0.0327 e. The molecule has 0 aromatic heterocycles. The summed E-state index contributed by atoms with van der Waals surface area (Å²) < 4.78 is 0. The van der Waals surface area contributed by atoms with Crippen molar-refractivity contribution in [1.29, 1.82) is 0 Å². The molecule has 0 aliphatic carbocycles. The van der Waals surface area contributed by atoms with E-state index in [9.17, 15) is 0 Å². The third kappa shape index (κ3) is 1.51. The molecule has 0 unspecified atom stereocenters. The first-order valence-corrected chi connectivity index (χ1v) is 6.68. The molecule has 0 radical (unpaired) electrons. The van der Waals surface area contributed by atoms with Gasteiger partial charge in [-0.25, -0.2) is 0 Å². The summed E-state index contributed by atoms with van der Waals surface area (Å²) in [5.41, 5.74) is 0.961. The number of rotatable bonds is 0. The predicted octanol–water partition coefficient (Wildman–Crippen LogP) is 5.13. The Hall–Kier alpha value is -2.78. The van der Waals surface area contributed by atoms with Gasteiger partial charge in [0.05, 0.1) is 0 Å². The van der Waals surface area contributed by atoms with Gasteiger partial charge in [-0.3, -0.25) is 0 Å². The van der Waals surface area contributed by atoms with Crippen LogP contribution in [0.2, 0.25) is 0 Å². The van der Waals surface area contributed by atoms with Gasteiger partial charge < -0.3 is 0 Å². The largest absolute Gasteiger partial charge is 0.115 e. The van der Waals surface area contributed by atoms with Crippen molar-refractivity contribution < 1.29 is 0 Å². The van der Waals surface area contributed by atoms with Crippen LogP contribution >= 0.6 is 0 Å². The summed E-state index contributed by atoms with van der Waals surface area (Å²) in [4.78, 5) is 0. The van der Waals surface area contributed by atoms with E-state index >= 15 is 0 Å². The fourth-order valence-corrected chi connectivity index (χ4v) is 2.92. The summed E-state index contributed by atoms with van der Waals surface area (Å²) in [5.74, 6) is 2.81. The van der Waals surface area contributed by atoms with Gasteiger partial charge in [0.1, 0.15) is 0 Å². The molecule has 0 aliphatic heterocycles. The minimum Gasteiger partial charge on any atom is -0.115 e. The summed E-state index contributed by atoms with van der Waals surface area (Å²) in [6.07, 6.45) is 5.67. The molecule has 0 saturated heterocycles. The van der Waals surface area contributed by atoms with E-state index < -0.39 is 0 Å². The summed E-state index contributed by atoms with van der Waals surface area (Å²) in [6, 6.07) is 23.4. The number of benzene rings is 4. The van der Waals surface area contributed by atoms with Crippen molar-refractivity contribution in [2.75, 3.05) is 0 Å². The van der Waals surface area contributed by atoms with Crippen molar-refractivity contribution in [1.82, 2.24) is 0 Å². The fourth-order valence-electron chi connectivity index (χ4n) is 2.92. The third-order valence-corrected chi connectivity index (χ3v) is 3.88. The Labute approximate surface area is 117 Å². The Kier molecular flexibility index (Phi) is 2.28. The van der Waals surface area contributed by atoms with Gasteiger partial charge in [0.2, 0.25) is 0 Å². The average Bonchev–Trinajstić information content (AvgIpc) is 2.52. The van der Waals surface area contributed by atoms with Gasteiger partial charge in [0.15, 0.2) is 0 Å². The number of fused-ring (bicyclic) bond motifs is 4. The van der Waals surface area contributed by atoms with E-state index in [0.717, 1.165) is 5.56 Å². The van der Waals surface area contributed by atoms with Gasteiger partial charge >= 0.3 is 0 Å². The first-order chi connectivity index (χ1) is 9.86. The zero-order chi connectivity index (χ0) is 13.5. The number of terminal acetylenes is 1. The summed E-state index contributed by atoms with van der Waals surface area (Å²) in [6.45, 7) is 0. The second kappa shape index (κ2) is 4.11. The van der Waals surface area contributed by atoms with E-state index in [1.54, 1.807) is 0 Å². The lowest BCUT2D eigenvalue weighted by molar-refractivity contribution is 1.73. The molecule has 0 amide bonds. The van der Waals surface area contributed by atoms with Gasteiger partial charge in [-0.05, 0) is 45.1 Å². The van der Waals surface area contributed by atoms with Gasteiger partial charge in [-0.15, -0.1) is 6.42 Å². The quantitative estimate of drug-likeness (QED) is 0.231. The van der Waals surface area contributed by atoms with Crippen LogP contribution in [0.3, 0.4) is 0 Å². The van der Waals surface area contributed by atoms with E-state index in [4.69, 9.17) is 6.42 Å². The van der Waals surface area contributed by atoms with Crippen LogP contribution in [0.25, 0.3) is 32.3 Å². The highest BCUT2D eigenvalue weighted by atomic mass is 14.1. The van der Waals surface area contributed by atoms with Crippen molar-refractivity contribution in [3.05, 3.63) is 72.3 Å². The molecule has 4 rings (SSSR count). The van der Waals surface area contributed by atoms with E-state index in [1.165, 1.54) is 32.3 Å². The van der Waals surface area contributed by atoms with Gasteiger partial charge in [-0.1, -0.05) is 54.5 Å². The summed E-state index contributed by atoms with van der Waals surface area (Å²) in [5, 5.41) is 7.35. The summed E-state index contributed by atoms with van der Waals surface area (Å²) >= 11 is 0. The Morgan fingerprint density at radius 2 is 1.35 bits per heavy atom. The molecule has 0 heteroatoms. The van der Waals surface area contributed by atoms with Crippen LogP contribution in [0.1, 0.15) is 5.56 Å². The first-order valence-electron chi connectivity index (χ1n) is 6.68. The maximum atomic E-state index is 5.67.